The number of carbonyl (C=O) groups is 3. The first kappa shape index (κ1) is 13.5. The highest BCUT2D eigenvalue weighted by molar-refractivity contribution is 9.10. The van der Waals surface area contributed by atoms with Gasteiger partial charge in [0.1, 0.15) is 6.04 Å². The van der Waals surface area contributed by atoms with Gasteiger partial charge in [-0.05, 0) is 17.7 Å². The average Bonchev–Trinajstić information content (AvgIpc) is 2.31. The van der Waals surface area contributed by atoms with Crippen molar-refractivity contribution < 1.29 is 19.5 Å². The van der Waals surface area contributed by atoms with Crippen LogP contribution in [0.1, 0.15) is 5.56 Å². The van der Waals surface area contributed by atoms with Crippen LogP contribution in [-0.2, 0) is 20.8 Å². The van der Waals surface area contributed by atoms with E-state index in [0.29, 0.717) is 10.0 Å². The van der Waals surface area contributed by atoms with E-state index < -0.39 is 23.8 Å². The van der Waals surface area contributed by atoms with Gasteiger partial charge in [-0.2, -0.15) is 0 Å². The SMILES string of the molecule is NC(Cc1cc(Br)cc2c1=NC(=O)C(=O)N=2)C(=O)O. The minimum absolute atomic E-state index is 0.0163. The van der Waals surface area contributed by atoms with Gasteiger partial charge < -0.3 is 10.8 Å². The minimum atomic E-state index is -1.16. The van der Waals surface area contributed by atoms with E-state index in [0.717, 1.165) is 0 Å². The number of hydrogen-bond acceptors (Lipinski definition) is 4. The number of amides is 2. The van der Waals surface area contributed by atoms with Gasteiger partial charge in [-0.15, -0.1) is 0 Å². The molecule has 1 atom stereocenters. The molecular weight excluding hydrogens is 318 g/mol. The summed E-state index contributed by atoms with van der Waals surface area (Å²) in [5.41, 5.74) is 5.90. The number of carboxylic acids is 1. The molecule has 0 aliphatic carbocycles. The van der Waals surface area contributed by atoms with Gasteiger partial charge in [0.2, 0.25) is 0 Å². The monoisotopic (exact) mass is 325 g/mol. The van der Waals surface area contributed by atoms with Gasteiger partial charge in [0.25, 0.3) is 0 Å². The molecule has 0 radical (unpaired) electrons. The third-order valence-electron chi connectivity index (χ3n) is 2.51. The molecule has 1 heterocycles. The number of carbonyl (C=O) groups excluding carboxylic acids is 2. The Labute approximate surface area is 115 Å². The Morgan fingerprint density at radius 3 is 2.58 bits per heavy atom. The number of hydrogen-bond donors (Lipinski definition) is 2. The molecule has 1 unspecified atom stereocenters. The summed E-state index contributed by atoms with van der Waals surface area (Å²) in [5.74, 6) is -3.08. The smallest absolute Gasteiger partial charge is 0.338 e. The first-order chi connectivity index (χ1) is 8.88. The first-order valence-electron chi connectivity index (χ1n) is 5.21. The number of rotatable bonds is 3. The predicted molar refractivity (Wildman–Crippen MR) is 65.8 cm³/mol. The molecule has 0 fully saturated rings. The van der Waals surface area contributed by atoms with Gasteiger partial charge in [-0.3, -0.25) is 14.4 Å². The van der Waals surface area contributed by atoms with E-state index in [9.17, 15) is 14.4 Å². The van der Waals surface area contributed by atoms with Crippen LogP contribution >= 0.6 is 15.9 Å². The third kappa shape index (κ3) is 2.74. The maximum absolute atomic E-state index is 11.2. The molecule has 0 bridgehead atoms. The van der Waals surface area contributed by atoms with Crippen LogP contribution < -0.4 is 16.4 Å². The fraction of sp³-hybridized carbons (Fsp3) is 0.182. The van der Waals surface area contributed by atoms with Crippen molar-refractivity contribution in [2.45, 2.75) is 12.5 Å². The molecule has 0 spiro atoms. The van der Waals surface area contributed by atoms with E-state index in [1.165, 1.54) is 6.07 Å². The lowest BCUT2D eigenvalue weighted by Gasteiger charge is -2.09. The van der Waals surface area contributed by atoms with Crippen LogP contribution in [0.2, 0.25) is 0 Å². The predicted octanol–water partition coefficient (Wildman–Crippen LogP) is -1.29. The Morgan fingerprint density at radius 1 is 1.32 bits per heavy atom. The number of aliphatic carboxylic acids is 1. The van der Waals surface area contributed by atoms with Crippen molar-refractivity contribution in [3.8, 4) is 0 Å². The molecule has 1 aromatic rings. The summed E-state index contributed by atoms with van der Waals surface area (Å²) < 4.78 is 0.597. The zero-order chi connectivity index (χ0) is 14.2. The molecule has 2 amide bonds. The molecular formula is C11H8BrN3O4. The number of carboxylic acid groups (broad SMARTS) is 1. The van der Waals surface area contributed by atoms with Crippen molar-refractivity contribution in [1.82, 2.24) is 0 Å². The first-order valence-corrected chi connectivity index (χ1v) is 6.00. The molecule has 1 aromatic carbocycles. The molecule has 1 aliphatic heterocycles. The van der Waals surface area contributed by atoms with Crippen molar-refractivity contribution in [2.24, 2.45) is 15.7 Å². The fourth-order valence-electron chi connectivity index (χ4n) is 1.64. The molecule has 98 valence electrons. The quantitative estimate of drug-likeness (QED) is 0.669. The molecule has 0 saturated heterocycles. The Kier molecular flexibility index (Phi) is 3.54. The van der Waals surface area contributed by atoms with Crippen molar-refractivity contribution in [2.75, 3.05) is 0 Å². The van der Waals surface area contributed by atoms with Crippen molar-refractivity contribution in [1.29, 1.82) is 0 Å². The summed E-state index contributed by atoms with van der Waals surface area (Å²) in [6.07, 6.45) is -0.0163. The molecule has 7 nitrogen and oxygen atoms in total. The van der Waals surface area contributed by atoms with Crippen LogP contribution in [0.25, 0.3) is 0 Å². The highest BCUT2D eigenvalue weighted by atomic mass is 79.9. The highest BCUT2D eigenvalue weighted by Gasteiger charge is 2.20. The van der Waals surface area contributed by atoms with Crippen molar-refractivity contribution >= 4 is 33.7 Å². The average molecular weight is 326 g/mol. The Morgan fingerprint density at radius 2 is 1.95 bits per heavy atom. The summed E-state index contributed by atoms with van der Waals surface area (Å²) in [6.45, 7) is 0. The summed E-state index contributed by atoms with van der Waals surface area (Å²) in [7, 11) is 0. The Bertz CT molecular complexity index is 713. The number of nitrogens with two attached hydrogens (primary N) is 1. The minimum Gasteiger partial charge on any atom is -0.480 e. The highest BCUT2D eigenvalue weighted by Crippen LogP contribution is 2.08. The van der Waals surface area contributed by atoms with Crippen LogP contribution in [0.4, 0.5) is 0 Å². The molecule has 0 saturated carbocycles. The maximum atomic E-state index is 11.2. The normalized spacial score (nSPS) is 15.3. The Hall–Kier alpha value is -1.93. The number of fused-ring (bicyclic) bond motifs is 1. The maximum Gasteiger partial charge on any atom is 0.338 e. The second-order valence-corrected chi connectivity index (χ2v) is 4.83. The molecule has 0 aromatic heterocycles. The third-order valence-corrected chi connectivity index (χ3v) is 2.97. The topological polar surface area (TPSA) is 122 Å². The lowest BCUT2D eigenvalue weighted by Crippen LogP contribution is -2.40. The van der Waals surface area contributed by atoms with E-state index in [1.807, 2.05) is 0 Å². The summed E-state index contributed by atoms with van der Waals surface area (Å²) in [5, 5.41) is 9.23. The second-order valence-electron chi connectivity index (χ2n) is 3.92. The summed E-state index contributed by atoms with van der Waals surface area (Å²) in [4.78, 5) is 40.4. The van der Waals surface area contributed by atoms with Gasteiger partial charge in [0, 0.05) is 10.9 Å². The fourth-order valence-corrected chi connectivity index (χ4v) is 2.13. The van der Waals surface area contributed by atoms with Crippen molar-refractivity contribution in [3.63, 3.8) is 0 Å². The van der Waals surface area contributed by atoms with Crippen LogP contribution in [0.5, 0.6) is 0 Å². The van der Waals surface area contributed by atoms with Crippen LogP contribution in [0, 0.1) is 0 Å². The lowest BCUT2D eigenvalue weighted by atomic mass is 10.1. The van der Waals surface area contributed by atoms with Crippen LogP contribution in [0.3, 0.4) is 0 Å². The molecule has 3 N–H and O–H groups in total. The Balaban J connectivity index is 2.61. The molecule has 1 aliphatic rings. The van der Waals surface area contributed by atoms with Gasteiger partial charge in [0.15, 0.2) is 0 Å². The van der Waals surface area contributed by atoms with E-state index in [-0.39, 0.29) is 17.1 Å². The van der Waals surface area contributed by atoms with E-state index in [1.54, 1.807) is 6.07 Å². The van der Waals surface area contributed by atoms with Gasteiger partial charge in [-0.1, -0.05) is 15.9 Å². The zero-order valence-electron chi connectivity index (χ0n) is 9.46. The largest absolute Gasteiger partial charge is 0.480 e. The second kappa shape index (κ2) is 4.98. The van der Waals surface area contributed by atoms with Crippen molar-refractivity contribution in [3.05, 3.63) is 32.9 Å². The van der Waals surface area contributed by atoms with Gasteiger partial charge in [0.05, 0.1) is 10.7 Å². The van der Waals surface area contributed by atoms with E-state index in [2.05, 4.69) is 25.9 Å². The van der Waals surface area contributed by atoms with E-state index >= 15 is 0 Å². The summed E-state index contributed by atoms with van der Waals surface area (Å²) >= 11 is 3.22. The van der Waals surface area contributed by atoms with Crippen LogP contribution in [-0.4, -0.2) is 28.9 Å². The molecule has 2 rings (SSSR count). The van der Waals surface area contributed by atoms with Gasteiger partial charge in [-0.25, -0.2) is 9.98 Å². The molecule has 19 heavy (non-hydrogen) atoms. The van der Waals surface area contributed by atoms with E-state index in [4.69, 9.17) is 10.8 Å². The zero-order valence-corrected chi connectivity index (χ0v) is 11.0. The number of nitrogens with zero attached hydrogens (tertiary/aromatic N) is 2. The standard InChI is InChI=1S/C11H8BrN3O4/c12-5-1-4(2-6(13)11(18)19)8-7(3-5)14-9(16)10(17)15-8/h1,3,6H,2,13H2,(H,18,19). The van der Waals surface area contributed by atoms with Crippen LogP contribution in [0.15, 0.2) is 26.6 Å². The lowest BCUT2D eigenvalue weighted by molar-refractivity contribution is -0.138. The molecule has 8 heteroatoms. The number of benzene rings is 1. The summed E-state index contributed by atoms with van der Waals surface area (Å²) in [6, 6.07) is 2.00. The number of halogens is 1. The van der Waals surface area contributed by atoms with Gasteiger partial charge >= 0.3 is 17.8 Å².